The molecule has 1 unspecified atom stereocenters. The van der Waals surface area contributed by atoms with Crippen molar-refractivity contribution in [1.29, 1.82) is 0 Å². The molecule has 0 spiro atoms. The number of aromatic nitrogens is 2. The number of rotatable bonds is 11. The third-order valence-electron chi connectivity index (χ3n) is 4.30. The Bertz CT molecular complexity index is 743. The summed E-state index contributed by atoms with van der Waals surface area (Å²) < 4.78 is 7.02. The summed E-state index contributed by atoms with van der Waals surface area (Å²) in [7, 11) is 1.98. The van der Waals surface area contributed by atoms with Crippen molar-refractivity contribution in [2.24, 2.45) is 7.05 Å². The molecule has 0 fully saturated rings. The van der Waals surface area contributed by atoms with Crippen LogP contribution in [0.4, 0.5) is 5.69 Å². The van der Waals surface area contributed by atoms with Gasteiger partial charge in [0.1, 0.15) is 12.4 Å². The molecule has 0 bridgehead atoms. The minimum Gasteiger partial charge on any atom is -0.463 e. The highest BCUT2D eigenvalue weighted by molar-refractivity contribution is 6.18. The molecule has 1 aromatic heterocycles. The Hall–Kier alpha value is -1.50. The van der Waals surface area contributed by atoms with Crippen molar-refractivity contribution < 1.29 is 14.6 Å². The molecule has 1 aromatic carbocycles. The fraction of sp³-hybridized carbons (Fsp3) is 0.579. The normalized spacial score (nSPS) is 12.3. The first-order valence-corrected chi connectivity index (χ1v) is 10.2. The molecule has 27 heavy (non-hydrogen) atoms. The molecule has 0 radical (unpaired) electrons. The summed E-state index contributed by atoms with van der Waals surface area (Å²) >= 11 is 11.8. The summed E-state index contributed by atoms with van der Waals surface area (Å²) in [5, 5.41) is 9.14. The minimum absolute atomic E-state index is 0.0367. The summed E-state index contributed by atoms with van der Waals surface area (Å²) in [6.07, 6.45) is 0.991. The maximum absolute atomic E-state index is 11.6. The predicted octanol–water partition coefficient (Wildman–Crippen LogP) is 3.10. The van der Waals surface area contributed by atoms with Gasteiger partial charge in [-0.05, 0) is 31.5 Å². The van der Waals surface area contributed by atoms with Gasteiger partial charge in [-0.25, -0.2) is 4.98 Å². The zero-order valence-electron chi connectivity index (χ0n) is 15.8. The summed E-state index contributed by atoms with van der Waals surface area (Å²) in [4.78, 5) is 18.5. The van der Waals surface area contributed by atoms with Crippen LogP contribution in [0.1, 0.15) is 25.6 Å². The van der Waals surface area contributed by atoms with Crippen molar-refractivity contribution in [2.75, 3.05) is 36.4 Å². The molecule has 0 amide bonds. The van der Waals surface area contributed by atoms with Gasteiger partial charge in [-0.15, -0.1) is 23.2 Å². The van der Waals surface area contributed by atoms with Crippen LogP contribution in [0.2, 0.25) is 0 Å². The molecule has 2 aromatic rings. The van der Waals surface area contributed by atoms with Crippen LogP contribution in [0.5, 0.6) is 0 Å². The molecule has 1 heterocycles. The Morgan fingerprint density at radius 3 is 2.67 bits per heavy atom. The van der Waals surface area contributed by atoms with Crippen LogP contribution in [-0.2, 0) is 23.0 Å². The van der Waals surface area contributed by atoms with Gasteiger partial charge in [0.15, 0.2) is 0 Å². The van der Waals surface area contributed by atoms with Crippen LogP contribution >= 0.6 is 23.2 Å². The molecule has 0 aliphatic heterocycles. The van der Waals surface area contributed by atoms with E-state index in [1.165, 1.54) is 0 Å². The zero-order valence-corrected chi connectivity index (χ0v) is 17.3. The van der Waals surface area contributed by atoms with E-state index in [0.717, 1.165) is 35.6 Å². The van der Waals surface area contributed by atoms with Crippen LogP contribution < -0.4 is 4.90 Å². The maximum atomic E-state index is 11.6. The van der Waals surface area contributed by atoms with E-state index in [-0.39, 0.29) is 12.6 Å². The highest BCUT2D eigenvalue weighted by Crippen LogP contribution is 2.23. The molecule has 2 rings (SSSR count). The van der Waals surface area contributed by atoms with E-state index in [2.05, 4.69) is 17.0 Å². The summed E-state index contributed by atoms with van der Waals surface area (Å²) in [6, 6.07) is 6.16. The van der Waals surface area contributed by atoms with Crippen molar-refractivity contribution >= 4 is 45.9 Å². The quantitative estimate of drug-likeness (QED) is 0.451. The molecule has 0 aliphatic carbocycles. The fourth-order valence-corrected chi connectivity index (χ4v) is 3.32. The van der Waals surface area contributed by atoms with Gasteiger partial charge in [0.25, 0.3) is 0 Å². The number of aliphatic hydroxyl groups excluding tert-OH is 1. The molecular weight excluding hydrogens is 389 g/mol. The predicted molar refractivity (Wildman–Crippen MR) is 110 cm³/mol. The van der Waals surface area contributed by atoms with Crippen molar-refractivity contribution in [3.8, 4) is 0 Å². The van der Waals surface area contributed by atoms with Crippen molar-refractivity contribution in [3.05, 3.63) is 24.0 Å². The third kappa shape index (κ3) is 6.26. The van der Waals surface area contributed by atoms with E-state index in [4.69, 9.17) is 38.0 Å². The average molecular weight is 416 g/mol. The molecule has 6 nitrogen and oxygen atoms in total. The van der Waals surface area contributed by atoms with Gasteiger partial charge < -0.3 is 19.3 Å². The van der Waals surface area contributed by atoms with E-state index in [1.54, 1.807) is 6.92 Å². The van der Waals surface area contributed by atoms with E-state index in [0.29, 0.717) is 31.0 Å². The number of fused-ring (bicyclic) bond motifs is 1. The molecule has 0 saturated heterocycles. The van der Waals surface area contributed by atoms with Crippen molar-refractivity contribution in [2.45, 2.75) is 32.3 Å². The van der Waals surface area contributed by atoms with E-state index >= 15 is 0 Å². The lowest BCUT2D eigenvalue weighted by Crippen LogP contribution is -2.27. The summed E-state index contributed by atoms with van der Waals surface area (Å²) in [5.74, 6) is 1.70. The van der Waals surface area contributed by atoms with Crippen molar-refractivity contribution in [3.63, 3.8) is 0 Å². The monoisotopic (exact) mass is 415 g/mol. The summed E-state index contributed by atoms with van der Waals surface area (Å²) in [6.45, 7) is 3.08. The van der Waals surface area contributed by atoms with Crippen molar-refractivity contribution in [1.82, 2.24) is 9.55 Å². The number of aryl methyl sites for hydroxylation is 2. The topological polar surface area (TPSA) is 67.6 Å². The standard InChI is InChI=1S/C19H27Cl2N3O3/c1-14(25)13-27-19(26)5-3-4-18-22-16-12-15(6-7-17(16)23(18)2)24(10-8-20)11-9-21/h6-7,12,14,25H,3-5,8-11,13H2,1-2H3. The number of carbonyl (C=O) groups excluding carboxylic acids is 1. The number of benzene rings is 1. The van der Waals surface area contributed by atoms with Gasteiger partial charge in [-0.3, -0.25) is 4.79 Å². The number of halogens is 2. The lowest BCUT2D eigenvalue weighted by Gasteiger charge is -2.22. The van der Waals surface area contributed by atoms with Crippen LogP contribution in [0, 0.1) is 0 Å². The molecule has 8 heteroatoms. The van der Waals surface area contributed by atoms with Gasteiger partial charge >= 0.3 is 5.97 Å². The first-order valence-electron chi connectivity index (χ1n) is 9.12. The number of alkyl halides is 2. The van der Waals surface area contributed by atoms with E-state index in [9.17, 15) is 4.79 Å². The Kier molecular flexibility index (Phi) is 8.67. The maximum Gasteiger partial charge on any atom is 0.305 e. The van der Waals surface area contributed by atoms with Crippen LogP contribution in [0.25, 0.3) is 11.0 Å². The smallest absolute Gasteiger partial charge is 0.305 e. The Morgan fingerprint density at radius 2 is 2.04 bits per heavy atom. The fourth-order valence-electron chi connectivity index (χ4n) is 2.91. The second kappa shape index (κ2) is 10.7. The highest BCUT2D eigenvalue weighted by atomic mass is 35.5. The molecular formula is C19H27Cl2N3O3. The van der Waals surface area contributed by atoms with E-state index in [1.807, 2.05) is 17.7 Å². The number of anilines is 1. The number of hydrogen-bond donors (Lipinski definition) is 1. The van der Waals surface area contributed by atoms with Crippen LogP contribution in [-0.4, -0.2) is 58.2 Å². The number of ether oxygens (including phenoxy) is 1. The number of esters is 1. The molecule has 150 valence electrons. The van der Waals surface area contributed by atoms with Gasteiger partial charge in [0.2, 0.25) is 0 Å². The molecule has 1 N–H and O–H groups in total. The highest BCUT2D eigenvalue weighted by Gasteiger charge is 2.12. The largest absolute Gasteiger partial charge is 0.463 e. The molecule has 0 saturated carbocycles. The first-order chi connectivity index (χ1) is 13.0. The van der Waals surface area contributed by atoms with Gasteiger partial charge in [-0.2, -0.15) is 0 Å². The van der Waals surface area contributed by atoms with Gasteiger partial charge in [0, 0.05) is 50.4 Å². The number of aliphatic hydroxyl groups is 1. The Labute approximate surface area is 170 Å². The minimum atomic E-state index is -0.639. The SMILES string of the molecule is CC(O)COC(=O)CCCc1nc2cc(N(CCCl)CCCl)ccc2n1C. The van der Waals surface area contributed by atoms with Crippen LogP contribution in [0.3, 0.4) is 0 Å². The number of nitrogens with zero attached hydrogens (tertiary/aromatic N) is 3. The van der Waals surface area contributed by atoms with Crippen LogP contribution in [0.15, 0.2) is 18.2 Å². The first kappa shape index (κ1) is 21.8. The number of carbonyl (C=O) groups is 1. The lowest BCUT2D eigenvalue weighted by atomic mass is 10.2. The third-order valence-corrected chi connectivity index (χ3v) is 4.64. The zero-order chi connectivity index (χ0) is 19.8. The molecule has 1 atom stereocenters. The lowest BCUT2D eigenvalue weighted by molar-refractivity contribution is -0.146. The Morgan fingerprint density at radius 1 is 1.33 bits per heavy atom. The Balaban J connectivity index is 2.04. The second-order valence-corrected chi connectivity index (χ2v) is 7.27. The number of imidazole rings is 1. The number of hydrogen-bond acceptors (Lipinski definition) is 5. The van der Waals surface area contributed by atoms with E-state index < -0.39 is 6.10 Å². The van der Waals surface area contributed by atoms with Gasteiger partial charge in [-0.1, -0.05) is 0 Å². The molecule has 0 aliphatic rings. The average Bonchev–Trinajstić information content (AvgIpc) is 2.95. The summed E-state index contributed by atoms with van der Waals surface area (Å²) in [5.41, 5.74) is 3.01. The second-order valence-electron chi connectivity index (χ2n) is 6.51. The van der Waals surface area contributed by atoms with Gasteiger partial charge in [0.05, 0.1) is 17.1 Å².